The van der Waals surface area contributed by atoms with E-state index in [1.54, 1.807) is 6.26 Å². The molecule has 2 aliphatic carbocycles. The maximum Gasteiger partial charge on any atom is 0.0875 e. The quantitative estimate of drug-likeness (QED) is 0.385. The molecule has 0 spiro atoms. The third kappa shape index (κ3) is 2.87. The molecule has 0 heterocycles. The second-order valence-corrected chi connectivity index (χ2v) is 4.97. The maximum atomic E-state index is 5.25. The van der Waals surface area contributed by atoms with Crippen LogP contribution in [0.2, 0.25) is 0 Å². The van der Waals surface area contributed by atoms with Crippen molar-refractivity contribution in [2.75, 3.05) is 6.61 Å². The van der Waals surface area contributed by atoms with Crippen LogP contribution in [0.15, 0.2) is 25.0 Å². The number of hydrogen-bond donors (Lipinski definition) is 0. The van der Waals surface area contributed by atoms with E-state index < -0.39 is 0 Å². The van der Waals surface area contributed by atoms with Gasteiger partial charge in [0.1, 0.15) is 0 Å². The second kappa shape index (κ2) is 5.39. The van der Waals surface area contributed by atoms with E-state index in [1.807, 2.05) is 0 Å². The average Bonchev–Trinajstić information content (AvgIpc) is 2.60. The Hall–Kier alpha value is -0.720. The molecule has 0 aromatic heterocycles. The average molecular weight is 206 g/mol. The Balaban J connectivity index is 1.85. The van der Waals surface area contributed by atoms with Crippen LogP contribution in [0.5, 0.6) is 0 Å². The summed E-state index contributed by atoms with van der Waals surface area (Å²) in [5.74, 6) is 2.83. The zero-order valence-electron chi connectivity index (χ0n) is 9.53. The van der Waals surface area contributed by atoms with Crippen molar-refractivity contribution in [1.29, 1.82) is 0 Å². The van der Waals surface area contributed by atoms with Gasteiger partial charge in [-0.1, -0.05) is 18.7 Å². The fourth-order valence-corrected chi connectivity index (χ4v) is 3.24. The van der Waals surface area contributed by atoms with Crippen LogP contribution in [-0.2, 0) is 4.74 Å². The molecule has 1 nitrogen and oxygen atoms in total. The van der Waals surface area contributed by atoms with Gasteiger partial charge in [0.25, 0.3) is 0 Å². The van der Waals surface area contributed by atoms with Gasteiger partial charge in [0.05, 0.1) is 12.9 Å². The fraction of sp³-hybridized carbons (Fsp3) is 0.714. The summed E-state index contributed by atoms with van der Waals surface area (Å²) in [5.41, 5.74) is 0. The van der Waals surface area contributed by atoms with Crippen LogP contribution in [0, 0.1) is 17.8 Å². The first-order chi connectivity index (χ1) is 7.40. The third-order valence-electron chi connectivity index (χ3n) is 4.01. The van der Waals surface area contributed by atoms with Gasteiger partial charge >= 0.3 is 0 Å². The molecular weight excluding hydrogens is 184 g/mol. The molecule has 3 unspecified atom stereocenters. The maximum absolute atomic E-state index is 5.25. The van der Waals surface area contributed by atoms with Crippen molar-refractivity contribution in [2.24, 2.45) is 17.8 Å². The van der Waals surface area contributed by atoms with Crippen LogP contribution in [0.25, 0.3) is 0 Å². The number of fused-ring (bicyclic) bond motifs is 2. The highest BCUT2D eigenvalue weighted by molar-refractivity contribution is 4.94. The molecule has 1 fully saturated rings. The summed E-state index contributed by atoms with van der Waals surface area (Å²) in [5, 5.41) is 0. The number of rotatable bonds is 4. The largest absolute Gasteiger partial charge is 0.502 e. The summed E-state index contributed by atoms with van der Waals surface area (Å²) >= 11 is 0. The van der Waals surface area contributed by atoms with Crippen molar-refractivity contribution in [3.05, 3.63) is 25.0 Å². The first-order valence-corrected chi connectivity index (χ1v) is 6.27. The van der Waals surface area contributed by atoms with Crippen LogP contribution in [0.1, 0.15) is 38.5 Å². The van der Waals surface area contributed by atoms with Crippen LogP contribution in [0.4, 0.5) is 0 Å². The second-order valence-electron chi connectivity index (χ2n) is 4.97. The van der Waals surface area contributed by atoms with E-state index in [9.17, 15) is 0 Å². The molecule has 0 amide bonds. The smallest absolute Gasteiger partial charge is 0.0875 e. The van der Waals surface area contributed by atoms with Gasteiger partial charge in [0.15, 0.2) is 0 Å². The Morgan fingerprint density at radius 2 is 2.27 bits per heavy atom. The SMILES string of the molecule is C=COCCC1CC2CC/C=C\CC1C2. The molecule has 1 saturated carbocycles. The first kappa shape index (κ1) is 10.8. The van der Waals surface area contributed by atoms with E-state index >= 15 is 0 Å². The van der Waals surface area contributed by atoms with Crippen molar-refractivity contribution >= 4 is 0 Å². The number of hydrogen-bond acceptors (Lipinski definition) is 1. The molecule has 3 atom stereocenters. The van der Waals surface area contributed by atoms with E-state index in [4.69, 9.17) is 4.74 Å². The molecule has 0 aromatic rings. The van der Waals surface area contributed by atoms with Gasteiger partial charge in [0.2, 0.25) is 0 Å². The minimum atomic E-state index is 0.862. The van der Waals surface area contributed by atoms with Gasteiger partial charge in [-0.15, -0.1) is 0 Å². The molecule has 0 radical (unpaired) electrons. The Labute approximate surface area is 93.2 Å². The molecule has 84 valence electrons. The molecule has 2 aliphatic rings. The molecule has 2 rings (SSSR count). The molecular formula is C14H22O. The Kier molecular flexibility index (Phi) is 3.87. The Bertz CT molecular complexity index is 231. The lowest BCUT2D eigenvalue weighted by atomic mass is 9.90. The van der Waals surface area contributed by atoms with Crippen molar-refractivity contribution < 1.29 is 4.74 Å². The molecule has 0 N–H and O–H groups in total. The van der Waals surface area contributed by atoms with Crippen LogP contribution in [-0.4, -0.2) is 6.61 Å². The standard InChI is InChI=1S/C14H22O/c1-2-15-9-8-14-11-12-6-4-3-5-7-13(14)10-12/h2-3,5,12-14H,1,4,6-11H2/b5-3-. The number of ether oxygens (including phenoxy) is 1. The predicted octanol–water partition coefficient (Wildman–Crippen LogP) is 3.92. The molecule has 2 bridgehead atoms. The van der Waals surface area contributed by atoms with E-state index in [2.05, 4.69) is 18.7 Å². The van der Waals surface area contributed by atoms with Crippen LogP contribution < -0.4 is 0 Å². The normalized spacial score (nSPS) is 36.7. The zero-order valence-corrected chi connectivity index (χ0v) is 9.53. The highest BCUT2D eigenvalue weighted by Gasteiger charge is 2.33. The van der Waals surface area contributed by atoms with Crippen molar-refractivity contribution in [3.63, 3.8) is 0 Å². The molecule has 0 aromatic carbocycles. The van der Waals surface area contributed by atoms with Gasteiger partial charge in [-0.3, -0.25) is 0 Å². The van der Waals surface area contributed by atoms with E-state index in [0.717, 1.165) is 24.4 Å². The highest BCUT2D eigenvalue weighted by atomic mass is 16.5. The van der Waals surface area contributed by atoms with Gasteiger partial charge in [-0.05, 0) is 56.3 Å². The van der Waals surface area contributed by atoms with Gasteiger partial charge in [0, 0.05) is 0 Å². The summed E-state index contributed by atoms with van der Waals surface area (Å²) in [6, 6.07) is 0. The lowest BCUT2D eigenvalue weighted by molar-refractivity contribution is 0.206. The predicted molar refractivity (Wildman–Crippen MR) is 63.5 cm³/mol. The monoisotopic (exact) mass is 206 g/mol. The molecule has 1 heteroatoms. The summed E-state index contributed by atoms with van der Waals surface area (Å²) in [6.07, 6.45) is 14.5. The van der Waals surface area contributed by atoms with E-state index in [-0.39, 0.29) is 0 Å². The zero-order chi connectivity index (χ0) is 10.5. The summed E-state index contributed by atoms with van der Waals surface area (Å²) in [4.78, 5) is 0. The lowest BCUT2D eigenvalue weighted by Crippen LogP contribution is -2.09. The van der Waals surface area contributed by atoms with Crippen molar-refractivity contribution in [1.82, 2.24) is 0 Å². The molecule has 0 aliphatic heterocycles. The van der Waals surface area contributed by atoms with Crippen molar-refractivity contribution in [2.45, 2.75) is 38.5 Å². The molecule has 0 saturated heterocycles. The minimum absolute atomic E-state index is 0.862. The summed E-state index contributed by atoms with van der Waals surface area (Å²) in [7, 11) is 0. The third-order valence-corrected chi connectivity index (χ3v) is 4.01. The fourth-order valence-electron chi connectivity index (χ4n) is 3.24. The highest BCUT2D eigenvalue weighted by Crippen LogP contribution is 2.43. The summed E-state index contributed by atoms with van der Waals surface area (Å²) < 4.78 is 5.25. The van der Waals surface area contributed by atoms with Gasteiger partial charge in [-0.2, -0.15) is 0 Å². The Morgan fingerprint density at radius 1 is 1.33 bits per heavy atom. The van der Waals surface area contributed by atoms with E-state index in [0.29, 0.717) is 0 Å². The Morgan fingerprint density at radius 3 is 3.13 bits per heavy atom. The van der Waals surface area contributed by atoms with Crippen molar-refractivity contribution in [3.8, 4) is 0 Å². The minimum Gasteiger partial charge on any atom is -0.502 e. The summed E-state index contributed by atoms with van der Waals surface area (Å²) in [6.45, 7) is 4.45. The topological polar surface area (TPSA) is 9.23 Å². The van der Waals surface area contributed by atoms with Gasteiger partial charge < -0.3 is 4.74 Å². The molecule has 15 heavy (non-hydrogen) atoms. The van der Waals surface area contributed by atoms with Gasteiger partial charge in [-0.25, -0.2) is 0 Å². The lowest BCUT2D eigenvalue weighted by Gasteiger charge is -2.17. The number of allylic oxidation sites excluding steroid dienone is 2. The van der Waals surface area contributed by atoms with Crippen LogP contribution >= 0.6 is 0 Å². The van der Waals surface area contributed by atoms with E-state index in [1.165, 1.54) is 38.5 Å². The van der Waals surface area contributed by atoms with Crippen LogP contribution in [0.3, 0.4) is 0 Å². The first-order valence-electron chi connectivity index (χ1n) is 6.27.